The molecule has 2 heterocycles. The zero-order chi connectivity index (χ0) is 20.8. The molecule has 1 aromatic carbocycles. The smallest absolute Gasteiger partial charge is 0.246 e. The molecule has 1 unspecified atom stereocenters. The van der Waals surface area contributed by atoms with E-state index in [1.165, 1.54) is 5.56 Å². The Kier molecular flexibility index (Phi) is 7.22. The van der Waals surface area contributed by atoms with Gasteiger partial charge in [0.1, 0.15) is 11.1 Å². The number of rotatable bonds is 6. The molecule has 1 N–H and O–H groups in total. The average Bonchev–Trinajstić information content (AvgIpc) is 3.21. The number of methoxy groups -OCH3 is 1. The molecular weight excluding hydrogens is 386 g/mol. The molecule has 2 aromatic rings. The highest BCUT2D eigenvalue weighted by molar-refractivity contribution is 7.09. The topological polar surface area (TPSA) is 70.1 Å². The standard InChI is InChI=1S/C21H29N5O2S/c1-15(28-4)20-24-17(14-29-20)13-25(3)21(22-2)23-12-19(27)26-11-7-9-16-8-5-6-10-18(16)26/h5-6,8,10,14-15H,7,9,11-13H2,1-4H3,(H,22,23). The molecule has 1 aliphatic rings. The maximum atomic E-state index is 12.8. The third-order valence-corrected chi connectivity index (χ3v) is 6.11. The Balaban J connectivity index is 1.57. The molecule has 1 aromatic heterocycles. The summed E-state index contributed by atoms with van der Waals surface area (Å²) in [6.07, 6.45) is 2.00. The number of carbonyl (C=O) groups excluding carboxylic acids is 1. The van der Waals surface area contributed by atoms with E-state index in [-0.39, 0.29) is 18.6 Å². The highest BCUT2D eigenvalue weighted by Crippen LogP contribution is 2.26. The van der Waals surface area contributed by atoms with Crippen LogP contribution in [-0.4, -0.2) is 56.0 Å². The van der Waals surface area contributed by atoms with Crippen molar-refractivity contribution in [3.8, 4) is 0 Å². The summed E-state index contributed by atoms with van der Waals surface area (Å²) in [5, 5.41) is 6.18. The van der Waals surface area contributed by atoms with Crippen LogP contribution in [-0.2, 0) is 22.5 Å². The van der Waals surface area contributed by atoms with Crippen molar-refractivity contribution in [1.82, 2.24) is 15.2 Å². The number of guanidine groups is 1. The number of nitrogens with one attached hydrogen (secondary N) is 1. The third kappa shape index (κ3) is 5.13. The van der Waals surface area contributed by atoms with Crippen LogP contribution in [0.2, 0.25) is 0 Å². The molecular formula is C21H29N5O2S. The van der Waals surface area contributed by atoms with E-state index in [1.54, 1.807) is 25.5 Å². The van der Waals surface area contributed by atoms with Crippen LogP contribution >= 0.6 is 11.3 Å². The van der Waals surface area contributed by atoms with Crippen molar-refractivity contribution in [3.63, 3.8) is 0 Å². The SMILES string of the molecule is CN=C(NCC(=O)N1CCCc2ccccc21)N(C)Cc1csc(C(C)OC)n1. The summed E-state index contributed by atoms with van der Waals surface area (Å²) in [6.45, 7) is 3.55. The number of hydrogen-bond acceptors (Lipinski definition) is 5. The number of fused-ring (bicyclic) bond motifs is 1. The summed E-state index contributed by atoms with van der Waals surface area (Å²) in [7, 11) is 5.34. The molecule has 0 radical (unpaired) electrons. The monoisotopic (exact) mass is 415 g/mol. The fraction of sp³-hybridized carbons (Fsp3) is 0.476. The van der Waals surface area contributed by atoms with Crippen LogP contribution in [0.1, 0.15) is 35.7 Å². The number of benzene rings is 1. The van der Waals surface area contributed by atoms with E-state index in [2.05, 4.69) is 21.4 Å². The van der Waals surface area contributed by atoms with E-state index in [0.29, 0.717) is 12.5 Å². The van der Waals surface area contributed by atoms with Crippen LogP contribution in [0.3, 0.4) is 0 Å². The van der Waals surface area contributed by atoms with Gasteiger partial charge in [0.2, 0.25) is 5.91 Å². The summed E-state index contributed by atoms with van der Waals surface area (Å²) < 4.78 is 5.33. The molecule has 0 aliphatic carbocycles. The summed E-state index contributed by atoms with van der Waals surface area (Å²) >= 11 is 1.59. The molecule has 1 amide bonds. The molecule has 8 heteroatoms. The maximum absolute atomic E-state index is 12.8. The predicted molar refractivity (Wildman–Crippen MR) is 117 cm³/mol. The number of amides is 1. The van der Waals surface area contributed by atoms with Gasteiger partial charge in [-0.25, -0.2) is 4.98 Å². The van der Waals surface area contributed by atoms with E-state index in [1.807, 2.05) is 47.4 Å². The Labute approximate surface area is 176 Å². The quantitative estimate of drug-likeness (QED) is 0.580. The lowest BCUT2D eigenvalue weighted by Gasteiger charge is -2.30. The lowest BCUT2D eigenvalue weighted by atomic mass is 10.0. The summed E-state index contributed by atoms with van der Waals surface area (Å²) in [5.74, 6) is 0.717. The average molecular weight is 416 g/mol. The number of ether oxygens (including phenoxy) is 1. The van der Waals surface area contributed by atoms with E-state index in [4.69, 9.17) is 4.74 Å². The molecule has 0 fully saturated rings. The predicted octanol–water partition coefficient (Wildman–Crippen LogP) is 2.84. The summed E-state index contributed by atoms with van der Waals surface area (Å²) in [6, 6.07) is 8.13. The van der Waals surface area contributed by atoms with Gasteiger partial charge in [-0.3, -0.25) is 9.79 Å². The van der Waals surface area contributed by atoms with Crippen LogP contribution in [0.4, 0.5) is 5.69 Å². The molecule has 156 valence electrons. The first-order valence-electron chi connectivity index (χ1n) is 9.80. The van der Waals surface area contributed by atoms with Gasteiger partial charge in [-0.1, -0.05) is 18.2 Å². The van der Waals surface area contributed by atoms with Crippen LogP contribution in [0, 0.1) is 0 Å². The van der Waals surface area contributed by atoms with Gasteiger partial charge >= 0.3 is 0 Å². The molecule has 0 bridgehead atoms. The number of anilines is 1. The van der Waals surface area contributed by atoms with Gasteiger partial charge in [-0.05, 0) is 31.4 Å². The number of para-hydroxylation sites is 1. The molecule has 0 saturated carbocycles. The molecule has 29 heavy (non-hydrogen) atoms. The first kappa shape index (κ1) is 21.3. The second-order valence-electron chi connectivity index (χ2n) is 7.09. The molecule has 0 saturated heterocycles. The molecule has 7 nitrogen and oxygen atoms in total. The van der Waals surface area contributed by atoms with Crippen molar-refractivity contribution in [2.75, 3.05) is 39.2 Å². The molecule has 1 atom stereocenters. The van der Waals surface area contributed by atoms with Crippen molar-refractivity contribution in [2.24, 2.45) is 4.99 Å². The first-order chi connectivity index (χ1) is 14.0. The van der Waals surface area contributed by atoms with Gasteiger partial charge in [0.05, 0.1) is 18.8 Å². The van der Waals surface area contributed by atoms with Crippen molar-refractivity contribution in [3.05, 3.63) is 45.9 Å². The van der Waals surface area contributed by atoms with Crippen LogP contribution < -0.4 is 10.2 Å². The van der Waals surface area contributed by atoms with Gasteiger partial charge in [-0.2, -0.15) is 0 Å². The Bertz CT molecular complexity index is 866. The number of thiazole rings is 1. The Hall–Kier alpha value is -2.45. The lowest BCUT2D eigenvalue weighted by molar-refractivity contribution is -0.117. The van der Waals surface area contributed by atoms with Crippen molar-refractivity contribution in [2.45, 2.75) is 32.4 Å². The highest BCUT2D eigenvalue weighted by atomic mass is 32.1. The molecule has 1 aliphatic heterocycles. The van der Waals surface area contributed by atoms with Crippen LogP contribution in [0.25, 0.3) is 0 Å². The minimum atomic E-state index is -0.0125. The van der Waals surface area contributed by atoms with Gasteiger partial charge in [0, 0.05) is 38.8 Å². The zero-order valence-electron chi connectivity index (χ0n) is 17.5. The van der Waals surface area contributed by atoms with E-state index >= 15 is 0 Å². The van der Waals surface area contributed by atoms with E-state index in [0.717, 1.165) is 35.8 Å². The molecule has 0 spiro atoms. The van der Waals surface area contributed by atoms with Gasteiger partial charge in [-0.15, -0.1) is 11.3 Å². The number of aliphatic imine (C=N–C) groups is 1. The summed E-state index contributed by atoms with van der Waals surface area (Å²) in [5.41, 5.74) is 3.21. The van der Waals surface area contributed by atoms with Crippen LogP contribution in [0.15, 0.2) is 34.6 Å². The Morgan fingerprint density at radius 1 is 1.45 bits per heavy atom. The van der Waals surface area contributed by atoms with Crippen molar-refractivity contribution < 1.29 is 9.53 Å². The lowest BCUT2D eigenvalue weighted by Crippen LogP contribution is -2.46. The number of aryl methyl sites for hydroxylation is 1. The second kappa shape index (κ2) is 9.84. The number of nitrogens with zero attached hydrogens (tertiary/aromatic N) is 4. The highest BCUT2D eigenvalue weighted by Gasteiger charge is 2.22. The maximum Gasteiger partial charge on any atom is 0.246 e. The number of aromatic nitrogens is 1. The third-order valence-electron chi connectivity index (χ3n) is 5.05. The van der Waals surface area contributed by atoms with Gasteiger partial charge in [0.15, 0.2) is 5.96 Å². The van der Waals surface area contributed by atoms with Gasteiger partial charge < -0.3 is 19.9 Å². The van der Waals surface area contributed by atoms with E-state index < -0.39 is 0 Å². The number of carbonyl (C=O) groups is 1. The fourth-order valence-electron chi connectivity index (χ4n) is 3.43. The van der Waals surface area contributed by atoms with Crippen LogP contribution in [0.5, 0.6) is 0 Å². The Morgan fingerprint density at radius 2 is 2.24 bits per heavy atom. The fourth-order valence-corrected chi connectivity index (χ4v) is 4.27. The summed E-state index contributed by atoms with van der Waals surface area (Å²) in [4.78, 5) is 25.6. The van der Waals surface area contributed by atoms with Crippen molar-refractivity contribution in [1.29, 1.82) is 0 Å². The van der Waals surface area contributed by atoms with Crippen molar-refractivity contribution >= 4 is 28.9 Å². The minimum absolute atomic E-state index is 0.0125. The normalized spacial score (nSPS) is 15.0. The minimum Gasteiger partial charge on any atom is -0.375 e. The molecule has 3 rings (SSSR count). The van der Waals surface area contributed by atoms with Gasteiger partial charge in [0.25, 0.3) is 0 Å². The second-order valence-corrected chi connectivity index (χ2v) is 7.98. The van der Waals surface area contributed by atoms with E-state index in [9.17, 15) is 4.79 Å². The first-order valence-corrected chi connectivity index (χ1v) is 10.7. The zero-order valence-corrected chi connectivity index (χ0v) is 18.3. The number of hydrogen-bond donors (Lipinski definition) is 1. The largest absolute Gasteiger partial charge is 0.375 e. The Morgan fingerprint density at radius 3 is 3.00 bits per heavy atom.